The number of aliphatic hydroxyl groups is 1. The smallest absolute Gasteiger partial charge is 0.251 e. The summed E-state index contributed by atoms with van der Waals surface area (Å²) in [6.07, 6.45) is 0.00434. The summed E-state index contributed by atoms with van der Waals surface area (Å²) in [7, 11) is 0. The zero-order valence-electron chi connectivity index (χ0n) is 9.79. The molecule has 1 aromatic heterocycles. The maximum atomic E-state index is 13.4. The molecule has 1 aromatic carbocycles. The van der Waals surface area contributed by atoms with Crippen molar-refractivity contribution in [2.24, 2.45) is 0 Å². The van der Waals surface area contributed by atoms with Crippen LogP contribution in [0.4, 0.5) is 8.78 Å². The van der Waals surface area contributed by atoms with Gasteiger partial charge in [-0.25, -0.2) is 8.78 Å². The maximum absolute atomic E-state index is 13.4. The summed E-state index contributed by atoms with van der Waals surface area (Å²) < 4.78 is 27.5. The average Bonchev–Trinajstić information content (AvgIpc) is 2.37. The van der Waals surface area contributed by atoms with Gasteiger partial charge in [0, 0.05) is 17.9 Å². The van der Waals surface area contributed by atoms with Crippen molar-refractivity contribution in [3.8, 4) is 0 Å². The second-order valence-electron chi connectivity index (χ2n) is 3.83. The fraction of sp³-hybridized carbons (Fsp3) is 0.154. The van der Waals surface area contributed by atoms with E-state index in [1.54, 1.807) is 18.2 Å². The third kappa shape index (κ3) is 3.21. The normalized spacial score (nSPS) is 12.4. The highest BCUT2D eigenvalue weighted by molar-refractivity contribution is 7.99. The summed E-state index contributed by atoms with van der Waals surface area (Å²) in [6.45, 7) is 0. The predicted octanol–water partition coefficient (Wildman–Crippen LogP) is 2.42. The first-order valence-corrected chi connectivity index (χ1v) is 6.51. The summed E-state index contributed by atoms with van der Waals surface area (Å²) in [6, 6.07) is 8.22. The lowest BCUT2D eigenvalue weighted by Gasteiger charge is -2.12. The molecule has 1 N–H and O–H groups in total. The molecule has 0 bridgehead atoms. The molecule has 0 spiro atoms. The van der Waals surface area contributed by atoms with E-state index in [1.807, 2.05) is 0 Å². The molecule has 3 nitrogen and oxygen atoms in total. The molecule has 0 fully saturated rings. The molecular formula is C13H11F2NO2S. The van der Waals surface area contributed by atoms with Crippen LogP contribution in [0.1, 0.15) is 11.7 Å². The maximum Gasteiger partial charge on any atom is 0.251 e. The molecule has 0 radical (unpaired) electrons. The van der Waals surface area contributed by atoms with Gasteiger partial charge in [-0.3, -0.25) is 0 Å². The molecule has 1 unspecified atom stereocenters. The number of aromatic nitrogens is 1. The second-order valence-corrected chi connectivity index (χ2v) is 4.87. The summed E-state index contributed by atoms with van der Waals surface area (Å²) in [5.41, 5.74) is -0.372. The van der Waals surface area contributed by atoms with Crippen LogP contribution in [-0.2, 0) is 0 Å². The second kappa shape index (κ2) is 5.99. The summed E-state index contributed by atoms with van der Waals surface area (Å²) >= 11 is 1.03. The van der Waals surface area contributed by atoms with Crippen LogP contribution in [-0.4, -0.2) is 10.9 Å². The van der Waals surface area contributed by atoms with Crippen LogP contribution in [0, 0.1) is 16.8 Å². The number of hydrogen-bond acceptors (Lipinski definition) is 3. The topological polar surface area (TPSA) is 47.2 Å². The van der Waals surface area contributed by atoms with Gasteiger partial charge >= 0.3 is 0 Å². The Morgan fingerprint density at radius 1 is 1.16 bits per heavy atom. The molecule has 2 rings (SSSR count). The minimum absolute atomic E-state index is 0.00981. The zero-order chi connectivity index (χ0) is 13.8. The molecule has 0 saturated heterocycles. The lowest BCUT2D eigenvalue weighted by atomic mass is 10.1. The molecule has 2 aromatic rings. The Morgan fingerprint density at radius 2 is 1.84 bits per heavy atom. The van der Waals surface area contributed by atoms with Crippen molar-refractivity contribution in [2.45, 2.75) is 11.1 Å². The van der Waals surface area contributed by atoms with E-state index < -0.39 is 17.7 Å². The highest BCUT2D eigenvalue weighted by atomic mass is 32.2. The van der Waals surface area contributed by atoms with Crippen LogP contribution in [0.3, 0.4) is 0 Å². The Bertz CT molecular complexity index is 560. The Kier molecular flexibility index (Phi) is 4.34. The van der Waals surface area contributed by atoms with Crippen molar-refractivity contribution in [1.82, 2.24) is 0 Å². The number of thioether (sulfide) groups is 1. The number of nitrogens with zero attached hydrogens (tertiary/aromatic N) is 1. The van der Waals surface area contributed by atoms with Crippen LogP contribution in [0.2, 0.25) is 0 Å². The van der Waals surface area contributed by atoms with Crippen molar-refractivity contribution in [3.63, 3.8) is 0 Å². The van der Waals surface area contributed by atoms with E-state index in [2.05, 4.69) is 0 Å². The highest BCUT2D eigenvalue weighted by Crippen LogP contribution is 2.26. The van der Waals surface area contributed by atoms with Crippen LogP contribution in [0.25, 0.3) is 0 Å². The largest absolute Gasteiger partial charge is 0.618 e. The van der Waals surface area contributed by atoms with E-state index in [0.29, 0.717) is 9.76 Å². The first-order chi connectivity index (χ1) is 9.09. The third-order valence-electron chi connectivity index (χ3n) is 2.51. The summed E-state index contributed by atoms with van der Waals surface area (Å²) in [5.74, 6) is -1.60. The van der Waals surface area contributed by atoms with Crippen molar-refractivity contribution in [2.75, 3.05) is 5.75 Å². The van der Waals surface area contributed by atoms with E-state index in [4.69, 9.17) is 0 Å². The minimum atomic E-state index is -1.31. The molecule has 1 heterocycles. The Hall–Kier alpha value is -1.66. The van der Waals surface area contributed by atoms with Gasteiger partial charge in [-0.15, -0.1) is 0 Å². The molecule has 0 amide bonds. The fourth-order valence-corrected chi connectivity index (χ4v) is 2.46. The number of halogens is 2. The van der Waals surface area contributed by atoms with Crippen molar-refractivity contribution in [3.05, 3.63) is 65.0 Å². The number of rotatable bonds is 4. The number of aliphatic hydroxyl groups excluding tert-OH is 1. The molecule has 0 aliphatic rings. The van der Waals surface area contributed by atoms with Gasteiger partial charge in [0.25, 0.3) is 5.03 Å². The first kappa shape index (κ1) is 13.8. The average molecular weight is 283 g/mol. The van der Waals surface area contributed by atoms with Crippen LogP contribution >= 0.6 is 11.8 Å². The zero-order valence-corrected chi connectivity index (χ0v) is 10.6. The van der Waals surface area contributed by atoms with E-state index in [0.717, 1.165) is 23.9 Å². The van der Waals surface area contributed by atoms with Gasteiger partial charge in [0.2, 0.25) is 0 Å². The van der Waals surface area contributed by atoms with Crippen molar-refractivity contribution in [1.29, 1.82) is 0 Å². The molecule has 1 atom stereocenters. The standard InChI is InChI=1S/C13H11F2NO2S/c14-9-4-3-5-10(15)13(9)11(17)8-19-12-6-1-2-7-16(12)18/h1-7,11,17H,8H2. The van der Waals surface area contributed by atoms with E-state index in [-0.39, 0.29) is 11.3 Å². The van der Waals surface area contributed by atoms with Gasteiger partial charge in [-0.05, 0) is 18.2 Å². The lowest BCUT2D eigenvalue weighted by Crippen LogP contribution is -2.28. The van der Waals surface area contributed by atoms with Gasteiger partial charge in [-0.2, -0.15) is 4.73 Å². The van der Waals surface area contributed by atoms with Gasteiger partial charge in [-0.1, -0.05) is 17.8 Å². The monoisotopic (exact) mass is 283 g/mol. The van der Waals surface area contributed by atoms with E-state index in [1.165, 1.54) is 12.3 Å². The highest BCUT2D eigenvalue weighted by Gasteiger charge is 2.19. The molecule has 0 aliphatic carbocycles. The lowest BCUT2D eigenvalue weighted by molar-refractivity contribution is -0.645. The quantitative estimate of drug-likeness (QED) is 0.532. The Labute approximate surface area is 113 Å². The molecule has 0 aliphatic heterocycles. The molecule has 100 valence electrons. The predicted molar refractivity (Wildman–Crippen MR) is 67.4 cm³/mol. The third-order valence-corrected chi connectivity index (χ3v) is 3.60. The fourth-order valence-electron chi connectivity index (χ4n) is 1.60. The van der Waals surface area contributed by atoms with Crippen molar-refractivity contribution >= 4 is 11.8 Å². The molecule has 0 saturated carbocycles. The number of pyridine rings is 1. The van der Waals surface area contributed by atoms with E-state index >= 15 is 0 Å². The summed E-state index contributed by atoms with van der Waals surface area (Å²) in [4.78, 5) is 0. The molecular weight excluding hydrogens is 272 g/mol. The summed E-state index contributed by atoms with van der Waals surface area (Å²) in [5, 5.41) is 21.5. The van der Waals surface area contributed by atoms with Gasteiger partial charge in [0.15, 0.2) is 6.20 Å². The molecule has 19 heavy (non-hydrogen) atoms. The van der Waals surface area contributed by atoms with Gasteiger partial charge < -0.3 is 10.3 Å². The van der Waals surface area contributed by atoms with Crippen molar-refractivity contribution < 1.29 is 18.6 Å². The van der Waals surface area contributed by atoms with Crippen LogP contribution in [0.15, 0.2) is 47.6 Å². The first-order valence-electron chi connectivity index (χ1n) is 5.52. The Balaban J connectivity index is 2.10. The van der Waals surface area contributed by atoms with Gasteiger partial charge in [0.1, 0.15) is 11.6 Å². The van der Waals surface area contributed by atoms with Crippen LogP contribution < -0.4 is 4.73 Å². The van der Waals surface area contributed by atoms with Gasteiger partial charge in [0.05, 0.1) is 11.7 Å². The van der Waals surface area contributed by atoms with E-state index in [9.17, 15) is 19.1 Å². The number of benzene rings is 1. The SMILES string of the molecule is [O-][n+]1ccccc1SCC(O)c1c(F)cccc1F. The Morgan fingerprint density at radius 3 is 2.47 bits per heavy atom. The number of hydrogen-bond donors (Lipinski definition) is 1. The van der Waals surface area contributed by atoms with Crippen LogP contribution in [0.5, 0.6) is 0 Å². The minimum Gasteiger partial charge on any atom is -0.618 e. The molecule has 6 heteroatoms.